The van der Waals surface area contributed by atoms with Crippen LogP contribution in [0.15, 0.2) is 36.5 Å². The zero-order valence-corrected chi connectivity index (χ0v) is 11.3. The number of aromatic amines is 1. The Balaban J connectivity index is 2.06. The predicted molar refractivity (Wildman–Crippen MR) is 78.3 cm³/mol. The van der Waals surface area contributed by atoms with Gasteiger partial charge in [0.15, 0.2) is 5.82 Å². The monoisotopic (exact) mass is 263 g/mol. The number of H-pyrrole nitrogens is 1. The Hall–Kier alpha value is -2.69. The molecule has 0 fully saturated rings. The first-order chi connectivity index (χ1) is 9.74. The normalized spacial score (nSPS) is 11.5. The van der Waals surface area contributed by atoms with Crippen molar-refractivity contribution in [3.63, 3.8) is 0 Å². The van der Waals surface area contributed by atoms with Crippen molar-refractivity contribution in [2.24, 2.45) is 7.05 Å². The van der Waals surface area contributed by atoms with Crippen LogP contribution in [-0.4, -0.2) is 24.7 Å². The quantitative estimate of drug-likeness (QED) is 0.574. The average Bonchev–Trinajstić information content (AvgIpc) is 3.03. The zero-order valence-electron chi connectivity index (χ0n) is 11.3. The van der Waals surface area contributed by atoms with E-state index < -0.39 is 0 Å². The molecule has 0 radical (unpaired) electrons. The molecule has 3 aromatic heterocycles. The van der Waals surface area contributed by atoms with E-state index in [4.69, 9.17) is 0 Å². The van der Waals surface area contributed by atoms with Crippen molar-refractivity contribution >= 4 is 21.8 Å². The van der Waals surface area contributed by atoms with Crippen LogP contribution in [0.3, 0.4) is 0 Å². The van der Waals surface area contributed by atoms with Gasteiger partial charge < -0.3 is 4.57 Å². The van der Waals surface area contributed by atoms with Gasteiger partial charge in [0.2, 0.25) is 0 Å². The Labute approximate surface area is 115 Å². The Morgan fingerprint density at radius 1 is 1.10 bits per heavy atom. The summed E-state index contributed by atoms with van der Waals surface area (Å²) in [7, 11) is 2.06. The van der Waals surface area contributed by atoms with E-state index in [-0.39, 0.29) is 0 Å². The summed E-state index contributed by atoms with van der Waals surface area (Å²) >= 11 is 0. The van der Waals surface area contributed by atoms with E-state index >= 15 is 0 Å². The number of fused-ring (bicyclic) bond motifs is 3. The van der Waals surface area contributed by atoms with E-state index in [0.717, 1.165) is 17.0 Å². The SMILES string of the molecule is Cc1nc(-c2cc3c4ccccc4n(C)c3cn2)n[nH]1. The highest BCUT2D eigenvalue weighted by molar-refractivity contribution is 6.08. The summed E-state index contributed by atoms with van der Waals surface area (Å²) in [5, 5.41) is 9.43. The largest absolute Gasteiger partial charge is 0.342 e. The van der Waals surface area contributed by atoms with Crippen LogP contribution in [-0.2, 0) is 7.05 Å². The van der Waals surface area contributed by atoms with Crippen LogP contribution in [0.4, 0.5) is 0 Å². The second-order valence-corrected chi connectivity index (χ2v) is 4.91. The molecule has 20 heavy (non-hydrogen) atoms. The van der Waals surface area contributed by atoms with Crippen molar-refractivity contribution in [1.82, 2.24) is 24.7 Å². The molecular weight excluding hydrogens is 250 g/mol. The third-order valence-corrected chi connectivity index (χ3v) is 3.63. The van der Waals surface area contributed by atoms with Gasteiger partial charge in [0.1, 0.15) is 11.5 Å². The van der Waals surface area contributed by atoms with Crippen LogP contribution >= 0.6 is 0 Å². The van der Waals surface area contributed by atoms with Gasteiger partial charge in [-0.3, -0.25) is 10.1 Å². The second kappa shape index (κ2) is 3.90. The average molecular weight is 263 g/mol. The van der Waals surface area contributed by atoms with Gasteiger partial charge in [-0.2, -0.15) is 5.10 Å². The molecule has 0 atom stereocenters. The summed E-state index contributed by atoms with van der Waals surface area (Å²) in [6, 6.07) is 10.4. The molecule has 0 aliphatic heterocycles. The van der Waals surface area contributed by atoms with Gasteiger partial charge >= 0.3 is 0 Å². The highest BCUT2D eigenvalue weighted by atomic mass is 15.2. The van der Waals surface area contributed by atoms with Gasteiger partial charge in [-0.15, -0.1) is 0 Å². The van der Waals surface area contributed by atoms with Gasteiger partial charge in [0.25, 0.3) is 0 Å². The highest BCUT2D eigenvalue weighted by Crippen LogP contribution is 2.29. The lowest BCUT2D eigenvalue weighted by Crippen LogP contribution is -1.89. The van der Waals surface area contributed by atoms with Gasteiger partial charge in [-0.25, -0.2) is 4.98 Å². The molecule has 0 aliphatic rings. The van der Waals surface area contributed by atoms with Crippen molar-refractivity contribution in [2.75, 3.05) is 0 Å². The maximum Gasteiger partial charge on any atom is 0.199 e. The Morgan fingerprint density at radius 2 is 1.95 bits per heavy atom. The molecule has 98 valence electrons. The highest BCUT2D eigenvalue weighted by Gasteiger charge is 2.11. The first kappa shape index (κ1) is 11.2. The lowest BCUT2D eigenvalue weighted by atomic mass is 10.1. The number of para-hydroxylation sites is 1. The summed E-state index contributed by atoms with van der Waals surface area (Å²) in [6.45, 7) is 1.88. The number of hydrogen-bond donors (Lipinski definition) is 1. The Morgan fingerprint density at radius 3 is 2.75 bits per heavy atom. The van der Waals surface area contributed by atoms with Crippen LogP contribution in [0.2, 0.25) is 0 Å². The lowest BCUT2D eigenvalue weighted by Gasteiger charge is -1.98. The molecule has 4 aromatic rings. The van der Waals surface area contributed by atoms with Crippen molar-refractivity contribution < 1.29 is 0 Å². The topological polar surface area (TPSA) is 59.4 Å². The predicted octanol–water partition coefficient (Wildman–Crippen LogP) is 2.82. The minimum absolute atomic E-state index is 0.636. The Bertz CT molecular complexity index is 932. The number of benzene rings is 1. The number of nitrogens with zero attached hydrogens (tertiary/aromatic N) is 4. The number of nitrogens with one attached hydrogen (secondary N) is 1. The third-order valence-electron chi connectivity index (χ3n) is 3.63. The van der Waals surface area contributed by atoms with Crippen molar-refractivity contribution in [1.29, 1.82) is 0 Å². The third kappa shape index (κ3) is 1.46. The molecule has 0 unspecified atom stereocenters. The molecule has 1 aromatic carbocycles. The lowest BCUT2D eigenvalue weighted by molar-refractivity contribution is 1.01. The van der Waals surface area contributed by atoms with E-state index in [0.29, 0.717) is 5.82 Å². The summed E-state index contributed by atoms with van der Waals surface area (Å²) in [6.07, 6.45) is 1.89. The van der Waals surface area contributed by atoms with Gasteiger partial charge in [-0.1, -0.05) is 18.2 Å². The van der Waals surface area contributed by atoms with Gasteiger partial charge in [0, 0.05) is 23.3 Å². The number of hydrogen-bond acceptors (Lipinski definition) is 3. The molecule has 4 rings (SSSR count). The van der Waals surface area contributed by atoms with E-state index in [1.807, 2.05) is 19.2 Å². The second-order valence-electron chi connectivity index (χ2n) is 4.91. The van der Waals surface area contributed by atoms with Crippen LogP contribution in [0.1, 0.15) is 5.82 Å². The molecule has 1 N–H and O–H groups in total. The van der Waals surface area contributed by atoms with Crippen molar-refractivity contribution in [2.45, 2.75) is 6.92 Å². The van der Waals surface area contributed by atoms with E-state index in [1.165, 1.54) is 16.3 Å². The van der Waals surface area contributed by atoms with Crippen molar-refractivity contribution in [3.05, 3.63) is 42.4 Å². The molecule has 0 amide bonds. The van der Waals surface area contributed by atoms with Gasteiger partial charge in [0.05, 0.1) is 11.7 Å². The first-order valence-corrected chi connectivity index (χ1v) is 6.46. The zero-order chi connectivity index (χ0) is 13.7. The maximum atomic E-state index is 4.48. The summed E-state index contributed by atoms with van der Waals surface area (Å²) in [4.78, 5) is 8.82. The summed E-state index contributed by atoms with van der Waals surface area (Å²) in [5.74, 6) is 1.43. The van der Waals surface area contributed by atoms with Crippen LogP contribution in [0, 0.1) is 6.92 Å². The van der Waals surface area contributed by atoms with Crippen molar-refractivity contribution in [3.8, 4) is 11.5 Å². The van der Waals surface area contributed by atoms with Crippen LogP contribution in [0.5, 0.6) is 0 Å². The minimum atomic E-state index is 0.636. The number of rotatable bonds is 1. The van der Waals surface area contributed by atoms with Crippen LogP contribution in [0.25, 0.3) is 33.3 Å². The fraction of sp³-hybridized carbons (Fsp3) is 0.133. The first-order valence-electron chi connectivity index (χ1n) is 6.46. The maximum absolute atomic E-state index is 4.48. The molecule has 0 bridgehead atoms. The molecule has 0 aliphatic carbocycles. The summed E-state index contributed by atoms with van der Waals surface area (Å²) < 4.78 is 2.16. The van der Waals surface area contributed by atoms with Crippen LogP contribution < -0.4 is 0 Å². The molecule has 0 spiro atoms. The fourth-order valence-electron chi connectivity index (χ4n) is 2.63. The van der Waals surface area contributed by atoms with E-state index in [2.05, 4.69) is 56.0 Å². The van der Waals surface area contributed by atoms with Gasteiger partial charge in [-0.05, 0) is 19.1 Å². The molecule has 0 saturated carbocycles. The molecule has 3 heterocycles. The standard InChI is InChI=1S/C15H13N5/c1-9-17-15(19-18-9)12-7-11-10-5-3-4-6-13(10)20(2)14(11)8-16-12/h3-8H,1-2H3,(H,17,18,19). The molecular formula is C15H13N5. The number of aryl methyl sites for hydroxylation is 2. The Kier molecular flexibility index (Phi) is 2.18. The molecule has 5 heteroatoms. The van der Waals surface area contributed by atoms with E-state index in [1.54, 1.807) is 0 Å². The fourth-order valence-corrected chi connectivity index (χ4v) is 2.63. The molecule has 5 nitrogen and oxygen atoms in total. The number of aromatic nitrogens is 5. The molecule has 0 saturated heterocycles. The number of pyridine rings is 1. The van der Waals surface area contributed by atoms with E-state index in [9.17, 15) is 0 Å². The minimum Gasteiger partial charge on any atom is -0.342 e. The summed E-state index contributed by atoms with van der Waals surface area (Å²) in [5.41, 5.74) is 3.10. The smallest absolute Gasteiger partial charge is 0.199 e.